The molecule has 0 aliphatic carbocycles. The first-order chi connectivity index (χ1) is 41.0. The zero-order valence-electron chi connectivity index (χ0n) is 55.2. The average Bonchev–Trinajstić information content (AvgIpc) is 3.49. The number of unbranched alkanes of at least 4 members (excludes halogenated alkanes) is 41. The van der Waals surface area contributed by atoms with E-state index in [9.17, 15) is 14.4 Å². The quantitative estimate of drug-likeness (QED) is 0.0261. The normalized spacial score (nSPS) is 12.6. The third-order valence-corrected chi connectivity index (χ3v) is 15.9. The molecule has 83 heavy (non-hydrogen) atoms. The van der Waals surface area contributed by atoms with E-state index >= 15 is 0 Å². The Morgan fingerprint density at radius 3 is 0.735 bits per heavy atom. The lowest BCUT2D eigenvalue weighted by molar-refractivity contribution is -0.167. The summed E-state index contributed by atoms with van der Waals surface area (Å²) in [6, 6.07) is 0. The molecule has 1 unspecified atom stereocenters. The van der Waals surface area contributed by atoms with Crippen LogP contribution in [0.1, 0.15) is 367 Å². The van der Waals surface area contributed by atoms with Crippen LogP contribution in [0, 0.1) is 0 Å². The second kappa shape index (κ2) is 71.1. The predicted molar refractivity (Wildman–Crippen MR) is 362 cm³/mol. The molecule has 0 aromatic rings. The molecule has 0 aromatic carbocycles. The zero-order valence-corrected chi connectivity index (χ0v) is 55.2. The van der Waals surface area contributed by atoms with E-state index in [-0.39, 0.29) is 31.1 Å². The maximum atomic E-state index is 12.9. The summed E-state index contributed by atoms with van der Waals surface area (Å²) in [5.41, 5.74) is 0. The Hall–Kier alpha value is -3.41. The van der Waals surface area contributed by atoms with Gasteiger partial charge in [0.1, 0.15) is 13.2 Å². The maximum Gasteiger partial charge on any atom is 0.306 e. The number of carbonyl (C=O) groups excluding carboxylic acids is 3. The molecule has 0 bridgehead atoms. The van der Waals surface area contributed by atoms with Gasteiger partial charge in [-0.25, -0.2) is 0 Å². The van der Waals surface area contributed by atoms with Crippen molar-refractivity contribution in [2.45, 2.75) is 374 Å². The Balaban J connectivity index is 3.98. The third-order valence-electron chi connectivity index (χ3n) is 15.9. The van der Waals surface area contributed by atoms with Crippen molar-refractivity contribution in [1.82, 2.24) is 0 Å². The number of carbonyl (C=O) groups is 3. The van der Waals surface area contributed by atoms with E-state index in [0.717, 1.165) is 116 Å². The highest BCUT2D eigenvalue weighted by Gasteiger charge is 2.19. The molecule has 0 spiro atoms. The van der Waals surface area contributed by atoms with Gasteiger partial charge in [-0.3, -0.25) is 14.4 Å². The molecule has 6 heteroatoms. The van der Waals surface area contributed by atoms with Crippen molar-refractivity contribution in [2.24, 2.45) is 0 Å². The third kappa shape index (κ3) is 69.3. The predicted octanol–water partition coefficient (Wildman–Crippen LogP) is 25.0. The van der Waals surface area contributed by atoms with Crippen LogP contribution >= 0.6 is 0 Å². The minimum Gasteiger partial charge on any atom is -0.462 e. The standard InChI is InChI=1S/C77H136O6/c1-4-7-10-13-15-17-19-21-23-25-27-29-31-33-35-37-38-40-41-43-45-47-49-51-53-55-57-59-61-64-67-70-76(79)82-73-74(72-81-75(78)69-66-63-12-9-6-3)83-77(80)71-68-65-62-60-58-56-54-52-50-48-46-44-42-39-36-34-32-30-28-26-24-22-20-18-16-14-11-8-5-2/h7,10,15,17,21,23,27,29,33,35,38,40,43,45,74H,4-6,8-9,11-14,16,18-20,22,24-26,28,30-32,34,36-37,39,41-42,44,46-73H2,1-3H3/b10-7-,17-15-,23-21-,29-27-,35-33-,40-38-,45-43-. The van der Waals surface area contributed by atoms with E-state index in [2.05, 4.69) is 106 Å². The summed E-state index contributed by atoms with van der Waals surface area (Å²) >= 11 is 0. The van der Waals surface area contributed by atoms with Gasteiger partial charge in [0, 0.05) is 19.3 Å². The Kier molecular flexibility index (Phi) is 68.2. The first kappa shape index (κ1) is 79.6. The SMILES string of the molecule is CC/C=C\C/C=C\C/C=C\C/C=C\C/C=C\C/C=C\C/C=C\CCCCCCCCCCCC(=O)OCC(COC(=O)CCCCCCC)OC(=O)CCCCCCCCCCCCCCCCCCCCCCCCCCCCCCC. The van der Waals surface area contributed by atoms with Gasteiger partial charge in [-0.05, 0) is 77.0 Å². The lowest BCUT2D eigenvalue weighted by atomic mass is 10.0. The highest BCUT2D eigenvalue weighted by molar-refractivity contribution is 5.71. The van der Waals surface area contributed by atoms with Gasteiger partial charge in [0.15, 0.2) is 6.10 Å². The molecule has 1 atom stereocenters. The van der Waals surface area contributed by atoms with Crippen molar-refractivity contribution >= 4 is 17.9 Å². The summed E-state index contributed by atoms with van der Waals surface area (Å²) in [7, 11) is 0. The van der Waals surface area contributed by atoms with E-state index in [1.165, 1.54) is 212 Å². The van der Waals surface area contributed by atoms with Crippen LogP contribution in [-0.4, -0.2) is 37.2 Å². The summed E-state index contributed by atoms with van der Waals surface area (Å²) < 4.78 is 16.8. The van der Waals surface area contributed by atoms with E-state index < -0.39 is 6.10 Å². The number of allylic oxidation sites excluding steroid dienone is 14. The summed E-state index contributed by atoms with van der Waals surface area (Å²) in [5.74, 6) is -0.878. The fourth-order valence-corrected chi connectivity index (χ4v) is 10.5. The van der Waals surface area contributed by atoms with Crippen LogP contribution in [0.15, 0.2) is 85.1 Å². The molecule has 0 aliphatic heterocycles. The average molecular weight is 1160 g/mol. The Labute approximate surface area is 515 Å². The minimum absolute atomic E-state index is 0.0752. The van der Waals surface area contributed by atoms with Crippen molar-refractivity contribution in [2.75, 3.05) is 13.2 Å². The van der Waals surface area contributed by atoms with Crippen molar-refractivity contribution < 1.29 is 28.6 Å². The summed E-state index contributed by atoms with van der Waals surface area (Å²) in [4.78, 5) is 38.0. The van der Waals surface area contributed by atoms with Gasteiger partial charge in [-0.2, -0.15) is 0 Å². The second-order valence-corrected chi connectivity index (χ2v) is 24.1. The molecule has 0 N–H and O–H groups in total. The van der Waals surface area contributed by atoms with Crippen LogP contribution in [-0.2, 0) is 28.6 Å². The van der Waals surface area contributed by atoms with Crippen molar-refractivity contribution in [1.29, 1.82) is 0 Å². The second-order valence-electron chi connectivity index (χ2n) is 24.1. The van der Waals surface area contributed by atoms with Crippen LogP contribution in [0.25, 0.3) is 0 Å². The maximum absolute atomic E-state index is 12.9. The Bertz CT molecular complexity index is 1570. The number of esters is 3. The van der Waals surface area contributed by atoms with Crippen LogP contribution in [0.5, 0.6) is 0 Å². The summed E-state index contributed by atoms with van der Waals surface area (Å²) in [6.45, 7) is 6.49. The monoisotopic (exact) mass is 1160 g/mol. The zero-order chi connectivity index (χ0) is 59.9. The topological polar surface area (TPSA) is 78.9 Å². The van der Waals surface area contributed by atoms with Crippen LogP contribution in [0.3, 0.4) is 0 Å². The fraction of sp³-hybridized carbons (Fsp3) is 0.779. The van der Waals surface area contributed by atoms with Crippen LogP contribution in [0.2, 0.25) is 0 Å². The van der Waals surface area contributed by atoms with Gasteiger partial charge < -0.3 is 14.2 Å². The molecule has 0 saturated carbocycles. The molecule has 0 aliphatic rings. The molecular formula is C77H136O6. The van der Waals surface area contributed by atoms with E-state index in [1.807, 2.05) is 0 Å². The van der Waals surface area contributed by atoms with Gasteiger partial charge in [0.25, 0.3) is 0 Å². The number of hydrogen-bond acceptors (Lipinski definition) is 6. The van der Waals surface area contributed by atoms with Crippen molar-refractivity contribution in [3.8, 4) is 0 Å². The van der Waals surface area contributed by atoms with Gasteiger partial charge in [0.2, 0.25) is 0 Å². The summed E-state index contributed by atoms with van der Waals surface area (Å²) in [6.07, 6.45) is 95.4. The minimum atomic E-state index is -0.775. The largest absolute Gasteiger partial charge is 0.462 e. The molecule has 0 radical (unpaired) electrons. The molecule has 0 heterocycles. The molecule has 0 aromatic heterocycles. The van der Waals surface area contributed by atoms with E-state index in [0.29, 0.717) is 19.3 Å². The number of rotatable bonds is 66. The molecule has 0 saturated heterocycles. The number of ether oxygens (including phenoxy) is 3. The Morgan fingerprint density at radius 2 is 0.470 bits per heavy atom. The lowest BCUT2D eigenvalue weighted by Crippen LogP contribution is -2.30. The van der Waals surface area contributed by atoms with E-state index in [4.69, 9.17) is 14.2 Å². The van der Waals surface area contributed by atoms with Crippen LogP contribution in [0.4, 0.5) is 0 Å². The van der Waals surface area contributed by atoms with Crippen molar-refractivity contribution in [3.63, 3.8) is 0 Å². The van der Waals surface area contributed by atoms with Gasteiger partial charge in [0.05, 0.1) is 0 Å². The lowest BCUT2D eigenvalue weighted by Gasteiger charge is -2.18. The first-order valence-electron chi connectivity index (χ1n) is 36.1. The molecule has 0 rings (SSSR count). The molecule has 480 valence electrons. The van der Waals surface area contributed by atoms with Crippen molar-refractivity contribution in [3.05, 3.63) is 85.1 Å². The van der Waals surface area contributed by atoms with Gasteiger partial charge in [-0.15, -0.1) is 0 Å². The number of hydrogen-bond donors (Lipinski definition) is 0. The molecular weight excluding hydrogens is 1020 g/mol. The summed E-state index contributed by atoms with van der Waals surface area (Å²) in [5, 5.41) is 0. The molecule has 0 amide bonds. The first-order valence-corrected chi connectivity index (χ1v) is 36.1. The molecule has 6 nitrogen and oxygen atoms in total. The van der Waals surface area contributed by atoms with Gasteiger partial charge >= 0.3 is 17.9 Å². The van der Waals surface area contributed by atoms with Gasteiger partial charge in [-0.1, -0.05) is 356 Å². The Morgan fingerprint density at radius 1 is 0.253 bits per heavy atom. The smallest absolute Gasteiger partial charge is 0.306 e. The van der Waals surface area contributed by atoms with E-state index in [1.54, 1.807) is 0 Å². The highest BCUT2D eigenvalue weighted by atomic mass is 16.6. The fourth-order valence-electron chi connectivity index (χ4n) is 10.5. The van der Waals surface area contributed by atoms with Crippen LogP contribution < -0.4 is 0 Å². The highest BCUT2D eigenvalue weighted by Crippen LogP contribution is 2.18. The molecule has 0 fully saturated rings.